The lowest BCUT2D eigenvalue weighted by atomic mass is 10.0. The van der Waals surface area contributed by atoms with Gasteiger partial charge in [0, 0.05) is 44.0 Å². The van der Waals surface area contributed by atoms with Crippen molar-refractivity contribution in [3.05, 3.63) is 0 Å². The zero-order chi connectivity index (χ0) is 13.8. The molecule has 3 saturated heterocycles. The lowest BCUT2D eigenvalue weighted by molar-refractivity contribution is 0.0407. The molecule has 3 fully saturated rings. The average Bonchev–Trinajstić information content (AvgIpc) is 3.01. The van der Waals surface area contributed by atoms with Gasteiger partial charge in [-0.05, 0) is 25.0 Å². The van der Waals surface area contributed by atoms with E-state index in [4.69, 9.17) is 4.74 Å². The summed E-state index contributed by atoms with van der Waals surface area (Å²) in [6.45, 7) is 4.65. The van der Waals surface area contributed by atoms with Crippen molar-refractivity contribution in [1.29, 1.82) is 0 Å². The first-order valence-electron chi connectivity index (χ1n) is 7.78. The molecule has 0 unspecified atom stereocenters. The van der Waals surface area contributed by atoms with Crippen LogP contribution in [0.2, 0.25) is 0 Å². The van der Waals surface area contributed by atoms with E-state index < -0.39 is 0 Å². The van der Waals surface area contributed by atoms with Crippen molar-refractivity contribution in [1.82, 2.24) is 15.1 Å². The highest BCUT2D eigenvalue weighted by atomic mass is 32.2. The highest BCUT2D eigenvalue weighted by molar-refractivity contribution is 7.99. The molecule has 1 atom stereocenters. The summed E-state index contributed by atoms with van der Waals surface area (Å²) in [5.41, 5.74) is 0. The van der Waals surface area contributed by atoms with Crippen LogP contribution in [0.3, 0.4) is 0 Å². The maximum Gasteiger partial charge on any atom is 0.320 e. The molecular formula is C14H25N3O2S. The number of piperidine rings is 1. The summed E-state index contributed by atoms with van der Waals surface area (Å²) in [6, 6.07) is 1.52. The van der Waals surface area contributed by atoms with Gasteiger partial charge in [0.05, 0.1) is 13.2 Å². The van der Waals surface area contributed by atoms with Crippen LogP contribution in [0.5, 0.6) is 0 Å². The number of carbonyl (C=O) groups excluding carboxylic acids is 1. The molecule has 0 aliphatic carbocycles. The number of hydrogen-bond acceptors (Lipinski definition) is 4. The molecule has 1 N–H and O–H groups in total. The first kappa shape index (κ1) is 14.5. The fourth-order valence-electron chi connectivity index (χ4n) is 3.19. The number of nitrogens with one attached hydrogen (secondary N) is 1. The molecule has 2 amide bonds. The molecule has 0 saturated carbocycles. The second-order valence-corrected chi connectivity index (χ2v) is 7.02. The number of nitrogens with zero attached hydrogens (tertiary/aromatic N) is 2. The molecule has 0 spiro atoms. The Morgan fingerprint density at radius 2 is 1.70 bits per heavy atom. The standard InChI is InChI=1S/C14H25N3O2S/c18-14(17-6-8-19-9-7-17)16-4-1-12(2-5-16)15-13-3-10-20-11-13/h12-13,15H,1-11H2/t13-/m0/s1. The Labute approximate surface area is 125 Å². The van der Waals surface area contributed by atoms with Gasteiger partial charge in [-0.25, -0.2) is 4.79 Å². The summed E-state index contributed by atoms with van der Waals surface area (Å²) in [6.07, 6.45) is 3.49. The van der Waals surface area contributed by atoms with Gasteiger partial charge in [-0.1, -0.05) is 0 Å². The molecule has 3 aliphatic rings. The van der Waals surface area contributed by atoms with Gasteiger partial charge in [0.2, 0.25) is 0 Å². The highest BCUT2D eigenvalue weighted by Gasteiger charge is 2.28. The monoisotopic (exact) mass is 299 g/mol. The second-order valence-electron chi connectivity index (χ2n) is 5.87. The Hall–Kier alpha value is -0.460. The first-order chi connectivity index (χ1) is 9.83. The summed E-state index contributed by atoms with van der Waals surface area (Å²) in [4.78, 5) is 16.3. The minimum absolute atomic E-state index is 0.211. The number of urea groups is 1. The first-order valence-corrected chi connectivity index (χ1v) is 8.94. The zero-order valence-corrected chi connectivity index (χ0v) is 12.9. The normalized spacial score (nSPS) is 28.9. The largest absolute Gasteiger partial charge is 0.378 e. The van der Waals surface area contributed by atoms with Crippen molar-refractivity contribution in [2.45, 2.75) is 31.3 Å². The number of thioether (sulfide) groups is 1. The molecule has 3 heterocycles. The maximum absolute atomic E-state index is 12.4. The second kappa shape index (κ2) is 7.00. The van der Waals surface area contributed by atoms with Crippen molar-refractivity contribution in [2.75, 3.05) is 50.9 Å². The van der Waals surface area contributed by atoms with Crippen molar-refractivity contribution >= 4 is 17.8 Å². The van der Waals surface area contributed by atoms with E-state index in [1.807, 2.05) is 21.6 Å². The van der Waals surface area contributed by atoms with Crippen LogP contribution in [0.4, 0.5) is 4.79 Å². The average molecular weight is 299 g/mol. The Morgan fingerprint density at radius 1 is 1.00 bits per heavy atom. The SMILES string of the molecule is O=C(N1CCOCC1)N1CCC(N[C@H]2CCSC2)CC1. The topological polar surface area (TPSA) is 44.8 Å². The quantitative estimate of drug-likeness (QED) is 0.826. The van der Waals surface area contributed by atoms with Crippen LogP contribution in [-0.4, -0.2) is 78.8 Å². The van der Waals surface area contributed by atoms with E-state index in [1.165, 1.54) is 17.9 Å². The third kappa shape index (κ3) is 3.59. The molecule has 0 radical (unpaired) electrons. The summed E-state index contributed by atoms with van der Waals surface area (Å²) >= 11 is 2.05. The molecule has 20 heavy (non-hydrogen) atoms. The molecule has 3 aliphatic heterocycles. The lowest BCUT2D eigenvalue weighted by Crippen LogP contribution is -2.53. The fourth-order valence-corrected chi connectivity index (χ4v) is 4.36. The van der Waals surface area contributed by atoms with Crippen LogP contribution in [0.15, 0.2) is 0 Å². The fraction of sp³-hybridized carbons (Fsp3) is 0.929. The van der Waals surface area contributed by atoms with Gasteiger partial charge in [-0.2, -0.15) is 11.8 Å². The van der Waals surface area contributed by atoms with E-state index in [0.29, 0.717) is 25.3 Å². The lowest BCUT2D eigenvalue weighted by Gasteiger charge is -2.37. The Balaban J connectivity index is 1.41. The van der Waals surface area contributed by atoms with E-state index in [-0.39, 0.29) is 6.03 Å². The minimum atomic E-state index is 0.211. The number of ether oxygens (including phenoxy) is 1. The highest BCUT2D eigenvalue weighted by Crippen LogP contribution is 2.20. The van der Waals surface area contributed by atoms with Gasteiger partial charge in [0.15, 0.2) is 0 Å². The number of likely N-dealkylation sites (tertiary alicyclic amines) is 1. The minimum Gasteiger partial charge on any atom is -0.378 e. The maximum atomic E-state index is 12.4. The van der Waals surface area contributed by atoms with Gasteiger partial charge in [0.1, 0.15) is 0 Å². The summed E-state index contributed by atoms with van der Waals surface area (Å²) in [5.74, 6) is 2.55. The number of rotatable bonds is 2. The predicted octanol–water partition coefficient (Wildman–Crippen LogP) is 0.998. The van der Waals surface area contributed by atoms with Crippen LogP contribution in [0.25, 0.3) is 0 Å². The van der Waals surface area contributed by atoms with E-state index in [9.17, 15) is 4.79 Å². The number of amides is 2. The molecule has 3 rings (SSSR count). The van der Waals surface area contributed by atoms with Gasteiger partial charge in [0.25, 0.3) is 0 Å². The number of morpholine rings is 1. The molecule has 114 valence electrons. The van der Waals surface area contributed by atoms with Crippen molar-refractivity contribution in [2.24, 2.45) is 0 Å². The molecule has 6 heteroatoms. The third-order valence-corrected chi connectivity index (χ3v) is 5.61. The molecule has 0 aromatic rings. The van der Waals surface area contributed by atoms with Gasteiger partial charge >= 0.3 is 6.03 Å². The Morgan fingerprint density at radius 3 is 2.35 bits per heavy atom. The smallest absolute Gasteiger partial charge is 0.320 e. The summed E-state index contributed by atoms with van der Waals surface area (Å²) < 4.78 is 5.30. The van der Waals surface area contributed by atoms with Crippen LogP contribution < -0.4 is 5.32 Å². The van der Waals surface area contributed by atoms with Crippen LogP contribution in [-0.2, 0) is 4.74 Å². The van der Waals surface area contributed by atoms with E-state index in [1.54, 1.807) is 0 Å². The Kier molecular flexibility index (Phi) is 5.07. The predicted molar refractivity (Wildman–Crippen MR) is 81.2 cm³/mol. The van der Waals surface area contributed by atoms with Crippen LogP contribution in [0, 0.1) is 0 Å². The van der Waals surface area contributed by atoms with E-state index in [2.05, 4.69) is 5.32 Å². The van der Waals surface area contributed by atoms with Gasteiger partial charge in [-0.15, -0.1) is 0 Å². The van der Waals surface area contributed by atoms with E-state index in [0.717, 1.165) is 39.0 Å². The van der Waals surface area contributed by atoms with Gasteiger partial charge in [-0.3, -0.25) is 0 Å². The van der Waals surface area contributed by atoms with Crippen molar-refractivity contribution in [3.63, 3.8) is 0 Å². The third-order valence-electron chi connectivity index (χ3n) is 4.45. The molecular weight excluding hydrogens is 274 g/mol. The summed E-state index contributed by atoms with van der Waals surface area (Å²) in [7, 11) is 0. The molecule has 0 bridgehead atoms. The zero-order valence-electron chi connectivity index (χ0n) is 12.1. The van der Waals surface area contributed by atoms with Crippen LogP contribution >= 0.6 is 11.8 Å². The van der Waals surface area contributed by atoms with Crippen LogP contribution in [0.1, 0.15) is 19.3 Å². The van der Waals surface area contributed by atoms with E-state index >= 15 is 0 Å². The molecule has 0 aromatic heterocycles. The van der Waals surface area contributed by atoms with Crippen molar-refractivity contribution in [3.8, 4) is 0 Å². The Bertz CT molecular complexity index is 322. The molecule has 5 nitrogen and oxygen atoms in total. The number of carbonyl (C=O) groups is 1. The summed E-state index contributed by atoms with van der Waals surface area (Å²) in [5, 5.41) is 3.76. The molecule has 0 aromatic carbocycles. The van der Waals surface area contributed by atoms with Crippen molar-refractivity contribution < 1.29 is 9.53 Å². The van der Waals surface area contributed by atoms with Gasteiger partial charge < -0.3 is 19.9 Å². The number of hydrogen-bond donors (Lipinski definition) is 1.